The highest BCUT2D eigenvalue weighted by Gasteiger charge is 2.35. The molecule has 1 aliphatic rings. The van der Waals surface area contributed by atoms with E-state index < -0.39 is 5.97 Å². The first kappa shape index (κ1) is 14.0. The molecule has 0 radical (unpaired) electrons. The summed E-state index contributed by atoms with van der Waals surface area (Å²) in [4.78, 5) is 11.3. The van der Waals surface area contributed by atoms with Crippen molar-refractivity contribution in [3.05, 3.63) is 29.7 Å². The van der Waals surface area contributed by atoms with Gasteiger partial charge in [0.15, 0.2) is 5.65 Å². The summed E-state index contributed by atoms with van der Waals surface area (Å²) in [5, 5.41) is 17.8. The first-order valence-corrected chi connectivity index (χ1v) is 7.60. The van der Waals surface area contributed by atoms with Gasteiger partial charge in [-0.25, -0.2) is 0 Å². The van der Waals surface area contributed by atoms with E-state index in [9.17, 15) is 9.90 Å². The molecule has 1 fully saturated rings. The Balaban J connectivity index is 1.92. The van der Waals surface area contributed by atoms with Gasteiger partial charge in [0.1, 0.15) is 5.82 Å². The molecule has 3 rings (SSSR count). The van der Waals surface area contributed by atoms with E-state index in [1.165, 1.54) is 6.42 Å². The van der Waals surface area contributed by atoms with E-state index >= 15 is 0 Å². The second-order valence-electron chi connectivity index (χ2n) is 6.36. The lowest BCUT2D eigenvalue weighted by atomic mass is 9.69. The van der Waals surface area contributed by atoms with Gasteiger partial charge in [0.25, 0.3) is 0 Å². The number of fused-ring (bicyclic) bond motifs is 1. The van der Waals surface area contributed by atoms with Crippen LogP contribution in [-0.2, 0) is 11.2 Å². The lowest BCUT2D eigenvalue weighted by Crippen LogP contribution is -2.30. The minimum Gasteiger partial charge on any atom is -0.481 e. The van der Waals surface area contributed by atoms with Crippen LogP contribution >= 0.6 is 0 Å². The van der Waals surface area contributed by atoms with E-state index in [1.807, 2.05) is 29.7 Å². The molecule has 0 aromatic carbocycles. The molecular formula is C16H21N3O2. The van der Waals surface area contributed by atoms with Gasteiger partial charge < -0.3 is 5.11 Å². The minimum atomic E-state index is -0.707. The first-order valence-electron chi connectivity index (χ1n) is 7.60. The van der Waals surface area contributed by atoms with Crippen molar-refractivity contribution in [2.24, 2.45) is 5.41 Å². The van der Waals surface area contributed by atoms with Crippen molar-refractivity contribution in [2.45, 2.75) is 51.9 Å². The van der Waals surface area contributed by atoms with Gasteiger partial charge in [-0.3, -0.25) is 9.20 Å². The van der Waals surface area contributed by atoms with E-state index in [2.05, 4.69) is 10.2 Å². The van der Waals surface area contributed by atoms with Gasteiger partial charge in [0.05, 0.1) is 6.42 Å². The number of carboxylic acids is 1. The topological polar surface area (TPSA) is 67.5 Å². The van der Waals surface area contributed by atoms with Crippen molar-refractivity contribution in [1.29, 1.82) is 0 Å². The zero-order valence-electron chi connectivity index (χ0n) is 12.4. The van der Waals surface area contributed by atoms with Crippen molar-refractivity contribution < 1.29 is 9.90 Å². The quantitative estimate of drug-likeness (QED) is 0.938. The Morgan fingerprint density at radius 3 is 2.81 bits per heavy atom. The fourth-order valence-electron chi connectivity index (χ4n) is 3.54. The van der Waals surface area contributed by atoms with Crippen molar-refractivity contribution >= 4 is 11.6 Å². The molecule has 5 heteroatoms. The van der Waals surface area contributed by atoms with Crippen LogP contribution in [0.15, 0.2) is 18.3 Å². The molecule has 0 unspecified atom stereocenters. The molecule has 0 bridgehead atoms. The molecule has 0 saturated heterocycles. The van der Waals surface area contributed by atoms with E-state index in [1.54, 1.807) is 0 Å². The number of aromatic nitrogens is 3. The minimum absolute atomic E-state index is 0.155. The summed E-state index contributed by atoms with van der Waals surface area (Å²) in [6, 6.07) is 4.03. The highest BCUT2D eigenvalue weighted by atomic mass is 16.4. The molecular weight excluding hydrogens is 266 g/mol. The molecule has 2 aromatic rings. The number of pyridine rings is 1. The molecule has 0 spiro atoms. The van der Waals surface area contributed by atoms with Crippen LogP contribution in [0.4, 0.5) is 0 Å². The lowest BCUT2D eigenvalue weighted by molar-refractivity contribution is -0.140. The Morgan fingerprint density at radius 2 is 2.10 bits per heavy atom. The molecule has 2 heterocycles. The van der Waals surface area contributed by atoms with Crippen LogP contribution < -0.4 is 0 Å². The number of aryl methyl sites for hydroxylation is 1. The first-order chi connectivity index (χ1) is 10.1. The highest BCUT2D eigenvalue weighted by Crippen LogP contribution is 2.41. The van der Waals surface area contributed by atoms with E-state index in [0.29, 0.717) is 6.42 Å². The summed E-state index contributed by atoms with van der Waals surface area (Å²) in [5.74, 6) is 0.176. The third kappa shape index (κ3) is 2.91. The average Bonchev–Trinajstić information content (AvgIpc) is 2.81. The zero-order valence-corrected chi connectivity index (χ0v) is 12.4. The smallest absolute Gasteiger partial charge is 0.303 e. The van der Waals surface area contributed by atoms with Gasteiger partial charge in [-0.15, -0.1) is 10.2 Å². The Hall–Kier alpha value is -1.91. The molecule has 112 valence electrons. The van der Waals surface area contributed by atoms with Crippen molar-refractivity contribution in [2.75, 3.05) is 0 Å². The fraction of sp³-hybridized carbons (Fsp3) is 0.562. The van der Waals surface area contributed by atoms with Crippen LogP contribution in [0.25, 0.3) is 5.65 Å². The van der Waals surface area contributed by atoms with Crippen LogP contribution in [0.3, 0.4) is 0 Å². The average molecular weight is 287 g/mol. The van der Waals surface area contributed by atoms with Gasteiger partial charge in [-0.2, -0.15) is 0 Å². The monoisotopic (exact) mass is 287 g/mol. The maximum Gasteiger partial charge on any atom is 0.303 e. The second kappa shape index (κ2) is 5.47. The Morgan fingerprint density at radius 1 is 1.33 bits per heavy atom. The lowest BCUT2D eigenvalue weighted by Gasteiger charge is -2.35. The second-order valence-corrected chi connectivity index (χ2v) is 6.36. The third-order valence-corrected chi connectivity index (χ3v) is 4.61. The fourth-order valence-corrected chi connectivity index (χ4v) is 3.54. The van der Waals surface area contributed by atoms with Crippen LogP contribution in [0.1, 0.15) is 49.9 Å². The molecule has 21 heavy (non-hydrogen) atoms. The summed E-state index contributed by atoms with van der Waals surface area (Å²) in [6.45, 7) is 2.03. The Kier molecular flexibility index (Phi) is 3.66. The van der Waals surface area contributed by atoms with Crippen LogP contribution in [0.2, 0.25) is 0 Å². The maximum absolute atomic E-state index is 11.3. The van der Waals surface area contributed by atoms with E-state index in [0.717, 1.165) is 42.7 Å². The van der Waals surface area contributed by atoms with Crippen LogP contribution in [0, 0.1) is 12.3 Å². The van der Waals surface area contributed by atoms with Gasteiger partial charge in [-0.05, 0) is 42.9 Å². The summed E-state index contributed by atoms with van der Waals surface area (Å²) >= 11 is 0. The molecule has 1 N–H and O–H groups in total. The largest absolute Gasteiger partial charge is 0.481 e. The number of carbonyl (C=O) groups is 1. The highest BCUT2D eigenvalue weighted by molar-refractivity contribution is 5.67. The van der Waals surface area contributed by atoms with Gasteiger partial charge in [-0.1, -0.05) is 19.3 Å². The van der Waals surface area contributed by atoms with Gasteiger partial charge in [0.2, 0.25) is 0 Å². The van der Waals surface area contributed by atoms with Crippen molar-refractivity contribution in [3.8, 4) is 0 Å². The predicted molar refractivity (Wildman–Crippen MR) is 79.2 cm³/mol. The SMILES string of the molecule is Cc1ccn2c(CC3(CC(=O)O)CCCCC3)nnc2c1. The van der Waals surface area contributed by atoms with Gasteiger partial charge in [0, 0.05) is 12.6 Å². The zero-order chi connectivity index (χ0) is 14.9. The number of rotatable bonds is 4. The summed E-state index contributed by atoms with van der Waals surface area (Å²) in [7, 11) is 0. The van der Waals surface area contributed by atoms with Crippen molar-refractivity contribution in [3.63, 3.8) is 0 Å². The number of aliphatic carboxylic acids is 1. The third-order valence-electron chi connectivity index (χ3n) is 4.61. The Bertz CT molecular complexity index is 657. The van der Waals surface area contributed by atoms with Gasteiger partial charge >= 0.3 is 5.97 Å². The van der Waals surface area contributed by atoms with E-state index in [4.69, 9.17) is 0 Å². The number of carboxylic acid groups (broad SMARTS) is 1. The summed E-state index contributed by atoms with van der Waals surface area (Å²) in [6.07, 6.45) is 8.29. The Labute approximate surface area is 124 Å². The normalized spacial score (nSPS) is 18.0. The molecule has 1 aliphatic carbocycles. The summed E-state index contributed by atoms with van der Waals surface area (Å²) < 4.78 is 1.99. The molecule has 0 amide bonds. The maximum atomic E-state index is 11.3. The number of nitrogens with zero attached hydrogens (tertiary/aromatic N) is 3. The molecule has 5 nitrogen and oxygen atoms in total. The molecule has 1 saturated carbocycles. The standard InChI is InChI=1S/C16H21N3O2/c1-12-5-8-19-13(9-12)17-18-14(19)10-16(11-15(20)21)6-3-2-4-7-16/h5,8-9H,2-4,6-7,10-11H2,1H3,(H,20,21). The van der Waals surface area contributed by atoms with Crippen LogP contribution in [0.5, 0.6) is 0 Å². The van der Waals surface area contributed by atoms with Crippen LogP contribution in [-0.4, -0.2) is 25.7 Å². The molecule has 2 aromatic heterocycles. The summed E-state index contributed by atoms with van der Waals surface area (Å²) in [5.41, 5.74) is 1.84. The van der Waals surface area contributed by atoms with E-state index in [-0.39, 0.29) is 11.8 Å². The number of hydrogen-bond donors (Lipinski definition) is 1. The van der Waals surface area contributed by atoms with Crippen molar-refractivity contribution in [1.82, 2.24) is 14.6 Å². The number of hydrogen-bond acceptors (Lipinski definition) is 3. The molecule has 0 atom stereocenters. The predicted octanol–water partition coefficient (Wildman–Crippen LogP) is 3.01. The molecule has 0 aliphatic heterocycles.